The largest absolute Gasteiger partial charge is 0.493 e. The van der Waals surface area contributed by atoms with E-state index in [9.17, 15) is 4.79 Å². The molecular weight excluding hydrogens is 262 g/mol. The average molecular weight is 277 g/mol. The van der Waals surface area contributed by atoms with E-state index in [1.54, 1.807) is 24.3 Å². The maximum Gasteiger partial charge on any atom is 0.291 e. The third-order valence-electron chi connectivity index (χ3n) is 2.67. The lowest BCUT2D eigenvalue weighted by Gasteiger charge is -2.14. The van der Waals surface area contributed by atoms with E-state index >= 15 is 0 Å². The van der Waals surface area contributed by atoms with E-state index in [4.69, 9.17) is 18.6 Å². The van der Waals surface area contributed by atoms with Crippen molar-refractivity contribution in [3.05, 3.63) is 36.3 Å². The number of furan rings is 1. The molecule has 6 nitrogen and oxygen atoms in total. The van der Waals surface area contributed by atoms with Gasteiger partial charge in [-0.25, -0.2) is 0 Å². The van der Waals surface area contributed by atoms with Crippen LogP contribution in [-0.4, -0.2) is 27.2 Å². The molecular formula is C14H15NO5. The van der Waals surface area contributed by atoms with Gasteiger partial charge in [0.2, 0.25) is 5.75 Å². The van der Waals surface area contributed by atoms with Crippen molar-refractivity contribution in [2.45, 2.75) is 0 Å². The van der Waals surface area contributed by atoms with E-state index < -0.39 is 0 Å². The van der Waals surface area contributed by atoms with Crippen molar-refractivity contribution in [1.29, 1.82) is 0 Å². The van der Waals surface area contributed by atoms with E-state index in [-0.39, 0.29) is 11.7 Å². The smallest absolute Gasteiger partial charge is 0.291 e. The molecule has 2 aromatic rings. The average Bonchev–Trinajstić information content (AvgIpc) is 3.00. The highest BCUT2D eigenvalue weighted by Gasteiger charge is 2.15. The van der Waals surface area contributed by atoms with Crippen LogP contribution in [0.25, 0.3) is 0 Å². The molecule has 0 saturated carbocycles. The van der Waals surface area contributed by atoms with E-state index in [1.165, 1.54) is 27.6 Å². The molecule has 1 heterocycles. The normalized spacial score (nSPS) is 9.95. The Bertz CT molecular complexity index is 567. The van der Waals surface area contributed by atoms with Crippen molar-refractivity contribution in [1.82, 2.24) is 0 Å². The fourth-order valence-corrected chi connectivity index (χ4v) is 1.75. The number of carbonyl (C=O) groups is 1. The Morgan fingerprint density at radius 2 is 1.75 bits per heavy atom. The van der Waals surface area contributed by atoms with Crippen LogP contribution in [0.4, 0.5) is 5.69 Å². The van der Waals surface area contributed by atoms with Crippen molar-refractivity contribution in [2.24, 2.45) is 0 Å². The molecule has 0 atom stereocenters. The Morgan fingerprint density at radius 1 is 1.10 bits per heavy atom. The fourth-order valence-electron chi connectivity index (χ4n) is 1.75. The minimum atomic E-state index is -0.357. The number of anilines is 1. The van der Waals surface area contributed by atoms with Gasteiger partial charge in [0.15, 0.2) is 17.3 Å². The number of methoxy groups -OCH3 is 3. The molecule has 1 amide bonds. The molecule has 0 aliphatic carbocycles. The molecule has 0 spiro atoms. The van der Waals surface area contributed by atoms with Gasteiger partial charge in [-0.1, -0.05) is 0 Å². The van der Waals surface area contributed by atoms with Gasteiger partial charge in [0.05, 0.1) is 27.6 Å². The standard InChI is InChI=1S/C14H15NO5/c1-17-11-7-9(8-12(18-2)13(11)19-3)15-14(16)10-5-4-6-20-10/h4-8H,1-3H3,(H,15,16). The van der Waals surface area contributed by atoms with E-state index in [2.05, 4.69) is 5.32 Å². The topological polar surface area (TPSA) is 69.9 Å². The van der Waals surface area contributed by atoms with Crippen LogP contribution in [0.3, 0.4) is 0 Å². The number of nitrogens with one attached hydrogen (secondary N) is 1. The predicted molar refractivity (Wildman–Crippen MR) is 72.8 cm³/mol. The van der Waals surface area contributed by atoms with Crippen molar-refractivity contribution in [2.75, 3.05) is 26.6 Å². The van der Waals surface area contributed by atoms with Gasteiger partial charge in [-0.3, -0.25) is 4.79 Å². The predicted octanol–water partition coefficient (Wildman–Crippen LogP) is 2.56. The Kier molecular flexibility index (Phi) is 4.14. The van der Waals surface area contributed by atoms with Crippen LogP contribution < -0.4 is 19.5 Å². The van der Waals surface area contributed by atoms with Crippen LogP contribution in [-0.2, 0) is 0 Å². The van der Waals surface area contributed by atoms with E-state index in [0.717, 1.165) is 0 Å². The molecule has 1 aromatic heterocycles. The van der Waals surface area contributed by atoms with Gasteiger partial charge in [0.1, 0.15) is 0 Å². The maximum atomic E-state index is 11.9. The Labute approximate surface area is 116 Å². The summed E-state index contributed by atoms with van der Waals surface area (Å²) in [5, 5.41) is 2.70. The van der Waals surface area contributed by atoms with Gasteiger partial charge >= 0.3 is 0 Å². The third-order valence-corrected chi connectivity index (χ3v) is 2.67. The van der Waals surface area contributed by atoms with Gasteiger partial charge < -0.3 is 23.9 Å². The van der Waals surface area contributed by atoms with Crippen LogP contribution in [0.5, 0.6) is 17.2 Å². The monoisotopic (exact) mass is 277 g/mol. The zero-order chi connectivity index (χ0) is 14.5. The number of amides is 1. The first-order chi connectivity index (χ1) is 9.69. The summed E-state index contributed by atoms with van der Waals surface area (Å²) in [5.74, 6) is 1.25. The molecule has 0 aliphatic rings. The van der Waals surface area contributed by atoms with E-state index in [0.29, 0.717) is 22.9 Å². The zero-order valence-electron chi connectivity index (χ0n) is 11.4. The second-order valence-corrected chi connectivity index (χ2v) is 3.85. The lowest BCUT2D eigenvalue weighted by molar-refractivity contribution is 0.0996. The number of carbonyl (C=O) groups excluding carboxylic acids is 1. The summed E-state index contributed by atoms with van der Waals surface area (Å²) in [6.07, 6.45) is 1.43. The van der Waals surface area contributed by atoms with Gasteiger partial charge in [0, 0.05) is 17.8 Å². The van der Waals surface area contributed by atoms with Crippen LogP contribution in [0.1, 0.15) is 10.6 Å². The molecule has 0 unspecified atom stereocenters. The molecule has 20 heavy (non-hydrogen) atoms. The highest BCUT2D eigenvalue weighted by atomic mass is 16.5. The molecule has 6 heteroatoms. The molecule has 1 aromatic carbocycles. The van der Waals surface area contributed by atoms with Crippen LogP contribution in [0.2, 0.25) is 0 Å². The minimum absolute atomic E-state index is 0.221. The highest BCUT2D eigenvalue weighted by Crippen LogP contribution is 2.39. The van der Waals surface area contributed by atoms with Gasteiger partial charge in [0.25, 0.3) is 5.91 Å². The van der Waals surface area contributed by atoms with Crippen LogP contribution in [0.15, 0.2) is 34.9 Å². The van der Waals surface area contributed by atoms with Crippen LogP contribution in [0, 0.1) is 0 Å². The number of benzene rings is 1. The van der Waals surface area contributed by atoms with Gasteiger partial charge in [-0.15, -0.1) is 0 Å². The Morgan fingerprint density at radius 3 is 2.20 bits per heavy atom. The van der Waals surface area contributed by atoms with Gasteiger partial charge in [-0.05, 0) is 12.1 Å². The van der Waals surface area contributed by atoms with Crippen molar-refractivity contribution in [3.63, 3.8) is 0 Å². The fraction of sp³-hybridized carbons (Fsp3) is 0.214. The number of ether oxygens (including phenoxy) is 3. The molecule has 2 rings (SSSR count). The zero-order valence-corrected chi connectivity index (χ0v) is 11.4. The maximum absolute atomic E-state index is 11.9. The molecule has 0 aliphatic heterocycles. The molecule has 0 radical (unpaired) electrons. The number of hydrogen-bond donors (Lipinski definition) is 1. The van der Waals surface area contributed by atoms with Crippen molar-refractivity contribution < 1.29 is 23.4 Å². The number of rotatable bonds is 5. The number of hydrogen-bond acceptors (Lipinski definition) is 5. The molecule has 0 fully saturated rings. The minimum Gasteiger partial charge on any atom is -0.493 e. The first-order valence-corrected chi connectivity index (χ1v) is 5.84. The summed E-state index contributed by atoms with van der Waals surface area (Å²) >= 11 is 0. The third kappa shape index (κ3) is 2.69. The summed E-state index contributed by atoms with van der Waals surface area (Å²) in [4.78, 5) is 11.9. The first kappa shape index (κ1) is 13.8. The Hall–Kier alpha value is -2.63. The van der Waals surface area contributed by atoms with Crippen molar-refractivity contribution >= 4 is 11.6 Å². The quantitative estimate of drug-likeness (QED) is 0.909. The summed E-state index contributed by atoms with van der Waals surface area (Å²) in [5.41, 5.74) is 0.515. The molecule has 1 N–H and O–H groups in total. The molecule has 0 saturated heterocycles. The SMILES string of the molecule is COc1cc(NC(=O)c2ccco2)cc(OC)c1OC. The highest BCUT2D eigenvalue weighted by molar-refractivity contribution is 6.02. The summed E-state index contributed by atoms with van der Waals surface area (Å²) in [7, 11) is 4.53. The molecule has 106 valence electrons. The molecule has 0 bridgehead atoms. The second-order valence-electron chi connectivity index (χ2n) is 3.85. The summed E-state index contributed by atoms with van der Waals surface area (Å²) in [6, 6.07) is 6.50. The van der Waals surface area contributed by atoms with Crippen LogP contribution >= 0.6 is 0 Å². The Balaban J connectivity index is 2.30. The lowest BCUT2D eigenvalue weighted by Crippen LogP contribution is -2.11. The first-order valence-electron chi connectivity index (χ1n) is 5.84. The van der Waals surface area contributed by atoms with Crippen molar-refractivity contribution in [3.8, 4) is 17.2 Å². The lowest BCUT2D eigenvalue weighted by atomic mass is 10.2. The van der Waals surface area contributed by atoms with E-state index in [1.807, 2.05) is 0 Å². The second kappa shape index (κ2) is 6.01. The summed E-state index contributed by atoms with van der Waals surface area (Å²) in [6.45, 7) is 0. The van der Waals surface area contributed by atoms with Gasteiger partial charge in [-0.2, -0.15) is 0 Å². The summed E-state index contributed by atoms with van der Waals surface area (Å²) < 4.78 is 20.7.